The summed E-state index contributed by atoms with van der Waals surface area (Å²) in [6.07, 6.45) is -5.84. The molecule has 1 rings (SSSR count). The molecule has 0 unspecified atom stereocenters. The summed E-state index contributed by atoms with van der Waals surface area (Å²) in [4.78, 5) is 0. The number of nitrogens with zero attached hydrogens (tertiary/aromatic N) is 1. The highest BCUT2D eigenvalue weighted by Crippen LogP contribution is 2.45. The average molecular weight is 427 g/mol. The van der Waals surface area contributed by atoms with E-state index < -0.39 is 18.1 Å². The van der Waals surface area contributed by atoms with E-state index in [0.29, 0.717) is 21.9 Å². The van der Waals surface area contributed by atoms with Gasteiger partial charge in [0.05, 0.1) is 24.9 Å². The summed E-state index contributed by atoms with van der Waals surface area (Å²) in [6, 6.07) is -3.03. The van der Waals surface area contributed by atoms with Gasteiger partial charge in [0.25, 0.3) is 0 Å². The Bertz CT molecular complexity index is 620. The third-order valence-electron chi connectivity index (χ3n) is 2.66. The lowest BCUT2D eigenvalue weighted by molar-refractivity contribution is -0.361. The standard InChI is InChI=1S/C12H10BrF7N2O2/c1-23-8-4-9(24-2)7(13)3-6(8)5-21-22-12(19,20)10(14,15)11(16,17)18/h3-5,22H,1-2H3/b21-5+. The van der Waals surface area contributed by atoms with Crippen molar-refractivity contribution in [1.82, 2.24) is 5.43 Å². The van der Waals surface area contributed by atoms with Crippen LogP contribution in [-0.2, 0) is 0 Å². The van der Waals surface area contributed by atoms with Crippen molar-refractivity contribution < 1.29 is 40.2 Å². The zero-order chi connectivity index (χ0) is 18.8. The van der Waals surface area contributed by atoms with Crippen molar-refractivity contribution in [3.8, 4) is 11.5 Å². The summed E-state index contributed by atoms with van der Waals surface area (Å²) in [5.41, 5.74) is 0.535. The molecule has 0 saturated carbocycles. The molecule has 0 aromatic heterocycles. The maximum absolute atomic E-state index is 13.0. The van der Waals surface area contributed by atoms with Crippen molar-refractivity contribution in [3.63, 3.8) is 0 Å². The normalized spacial score (nSPS) is 13.2. The van der Waals surface area contributed by atoms with Gasteiger partial charge >= 0.3 is 18.1 Å². The number of halogens is 8. The van der Waals surface area contributed by atoms with E-state index in [1.807, 2.05) is 0 Å². The predicted octanol–water partition coefficient (Wildman–Crippen LogP) is 4.18. The van der Waals surface area contributed by atoms with Gasteiger partial charge in [-0.2, -0.15) is 35.8 Å². The molecule has 0 amide bonds. The Morgan fingerprint density at radius 1 is 1.00 bits per heavy atom. The number of alkyl halides is 7. The Morgan fingerprint density at radius 2 is 1.54 bits per heavy atom. The van der Waals surface area contributed by atoms with Gasteiger partial charge in [-0.1, -0.05) is 0 Å². The van der Waals surface area contributed by atoms with Crippen LogP contribution in [0.3, 0.4) is 0 Å². The molecule has 0 spiro atoms. The Balaban J connectivity index is 3.04. The van der Waals surface area contributed by atoms with E-state index >= 15 is 0 Å². The minimum absolute atomic E-state index is 0.0174. The molecule has 136 valence electrons. The van der Waals surface area contributed by atoms with E-state index in [0.717, 1.165) is 0 Å². The number of hydrazone groups is 1. The van der Waals surface area contributed by atoms with Crippen LogP contribution in [0.1, 0.15) is 5.56 Å². The molecule has 0 aliphatic carbocycles. The van der Waals surface area contributed by atoms with Crippen LogP contribution in [0.4, 0.5) is 30.7 Å². The number of methoxy groups -OCH3 is 2. The summed E-state index contributed by atoms with van der Waals surface area (Å²) >= 11 is 3.08. The van der Waals surface area contributed by atoms with Gasteiger partial charge in [-0.25, -0.2) is 5.43 Å². The lowest BCUT2D eigenvalue weighted by Gasteiger charge is -2.27. The third kappa shape index (κ3) is 4.02. The van der Waals surface area contributed by atoms with E-state index in [9.17, 15) is 30.7 Å². The highest BCUT2D eigenvalue weighted by Gasteiger charge is 2.73. The number of hydrogen-bond donors (Lipinski definition) is 1. The number of ether oxygens (including phenoxy) is 2. The molecule has 0 aliphatic rings. The number of nitrogens with one attached hydrogen (secondary N) is 1. The molecule has 24 heavy (non-hydrogen) atoms. The van der Waals surface area contributed by atoms with Gasteiger partial charge in [-0.3, -0.25) is 0 Å². The Kier molecular flexibility index (Phi) is 5.95. The van der Waals surface area contributed by atoms with Crippen LogP contribution < -0.4 is 14.9 Å². The minimum Gasteiger partial charge on any atom is -0.496 e. The SMILES string of the molecule is COc1cc(OC)c(/C=N/NC(F)(F)C(F)(F)C(F)(F)F)cc1Br. The Labute approximate surface area is 139 Å². The fourth-order valence-electron chi connectivity index (χ4n) is 1.42. The molecular formula is C12H10BrF7N2O2. The van der Waals surface area contributed by atoms with Gasteiger partial charge in [0, 0.05) is 11.6 Å². The van der Waals surface area contributed by atoms with Crippen molar-refractivity contribution >= 4 is 22.1 Å². The second-order valence-corrected chi connectivity index (χ2v) is 5.10. The summed E-state index contributed by atoms with van der Waals surface area (Å²) in [7, 11) is 2.56. The van der Waals surface area contributed by atoms with Crippen molar-refractivity contribution in [1.29, 1.82) is 0 Å². The van der Waals surface area contributed by atoms with Crippen LogP contribution >= 0.6 is 15.9 Å². The lowest BCUT2D eigenvalue weighted by atomic mass is 10.2. The molecule has 0 atom stereocenters. The average Bonchev–Trinajstić information content (AvgIpc) is 2.46. The Hall–Kier alpha value is -1.72. The maximum atomic E-state index is 13.0. The summed E-state index contributed by atoms with van der Waals surface area (Å²) in [5.74, 6) is -5.93. The summed E-state index contributed by atoms with van der Waals surface area (Å²) < 4.78 is 97.5. The number of rotatable bonds is 6. The van der Waals surface area contributed by atoms with Crippen molar-refractivity contribution in [2.75, 3.05) is 14.2 Å². The maximum Gasteiger partial charge on any atom is 0.462 e. The van der Waals surface area contributed by atoms with Gasteiger partial charge in [0.2, 0.25) is 0 Å². The minimum atomic E-state index is -6.44. The van der Waals surface area contributed by atoms with Crippen LogP contribution in [-0.4, -0.2) is 38.6 Å². The molecular weight excluding hydrogens is 417 g/mol. The highest BCUT2D eigenvalue weighted by atomic mass is 79.9. The van der Waals surface area contributed by atoms with Gasteiger partial charge in [-0.15, -0.1) is 0 Å². The monoisotopic (exact) mass is 426 g/mol. The van der Waals surface area contributed by atoms with Gasteiger partial charge in [0.1, 0.15) is 11.5 Å². The molecule has 0 bridgehead atoms. The van der Waals surface area contributed by atoms with Gasteiger partial charge in [-0.05, 0) is 22.0 Å². The van der Waals surface area contributed by atoms with E-state index in [4.69, 9.17) is 9.47 Å². The van der Waals surface area contributed by atoms with Crippen LogP contribution in [0.5, 0.6) is 11.5 Å². The van der Waals surface area contributed by atoms with Gasteiger partial charge in [0.15, 0.2) is 0 Å². The topological polar surface area (TPSA) is 42.9 Å². The molecule has 0 saturated heterocycles. The summed E-state index contributed by atoms with van der Waals surface area (Å²) in [6.45, 7) is 0. The van der Waals surface area contributed by atoms with E-state index in [1.54, 1.807) is 0 Å². The second-order valence-electron chi connectivity index (χ2n) is 4.25. The molecule has 1 aromatic rings. The molecule has 0 fully saturated rings. The van der Waals surface area contributed by atoms with Crippen molar-refractivity contribution in [2.45, 2.75) is 18.1 Å². The van der Waals surface area contributed by atoms with E-state index in [2.05, 4.69) is 21.0 Å². The first-order valence-corrected chi connectivity index (χ1v) is 6.70. The second kappa shape index (κ2) is 7.03. The smallest absolute Gasteiger partial charge is 0.462 e. The zero-order valence-corrected chi connectivity index (χ0v) is 13.6. The highest BCUT2D eigenvalue weighted by molar-refractivity contribution is 9.10. The predicted molar refractivity (Wildman–Crippen MR) is 73.9 cm³/mol. The lowest BCUT2D eigenvalue weighted by Crippen LogP contribution is -2.58. The molecule has 0 aliphatic heterocycles. The van der Waals surface area contributed by atoms with Crippen LogP contribution in [0, 0.1) is 0 Å². The third-order valence-corrected chi connectivity index (χ3v) is 3.28. The van der Waals surface area contributed by atoms with E-state index in [-0.39, 0.29) is 11.3 Å². The van der Waals surface area contributed by atoms with Crippen LogP contribution in [0.25, 0.3) is 0 Å². The van der Waals surface area contributed by atoms with Crippen molar-refractivity contribution in [2.24, 2.45) is 5.10 Å². The fraction of sp³-hybridized carbons (Fsp3) is 0.417. The molecule has 1 aromatic carbocycles. The molecule has 1 N–H and O–H groups in total. The number of benzene rings is 1. The fourth-order valence-corrected chi connectivity index (χ4v) is 1.94. The van der Waals surface area contributed by atoms with Gasteiger partial charge < -0.3 is 9.47 Å². The first kappa shape index (κ1) is 20.3. The molecule has 4 nitrogen and oxygen atoms in total. The molecule has 0 radical (unpaired) electrons. The number of hydrogen-bond acceptors (Lipinski definition) is 4. The Morgan fingerprint density at radius 3 is 2.00 bits per heavy atom. The summed E-state index contributed by atoms with van der Waals surface area (Å²) in [5, 5.41) is 2.75. The largest absolute Gasteiger partial charge is 0.496 e. The van der Waals surface area contributed by atoms with Crippen LogP contribution in [0.15, 0.2) is 21.7 Å². The molecule has 12 heteroatoms. The van der Waals surface area contributed by atoms with E-state index in [1.165, 1.54) is 26.4 Å². The van der Waals surface area contributed by atoms with Crippen molar-refractivity contribution in [3.05, 3.63) is 22.2 Å². The quantitative estimate of drug-likeness (QED) is 0.321. The zero-order valence-electron chi connectivity index (χ0n) is 12.0. The first-order chi connectivity index (χ1) is 10.9. The first-order valence-electron chi connectivity index (χ1n) is 5.91. The molecule has 0 heterocycles. The van der Waals surface area contributed by atoms with Crippen LogP contribution in [0.2, 0.25) is 0 Å².